The van der Waals surface area contributed by atoms with Gasteiger partial charge in [-0.3, -0.25) is 0 Å². The Labute approximate surface area is 197 Å². The Balaban J connectivity index is 3.66. The van der Waals surface area contributed by atoms with Crippen LogP contribution in [0.15, 0.2) is 0 Å². The number of halogens is 10. The normalized spacial score (nSPS) is 25.4. The van der Waals surface area contributed by atoms with E-state index < -0.39 is 86.5 Å². The molecule has 0 N–H and O–H groups in total. The summed E-state index contributed by atoms with van der Waals surface area (Å²) < 4.78 is 159. The Kier molecular flexibility index (Phi) is 11.1. The van der Waals surface area contributed by atoms with Crippen molar-refractivity contribution >= 4 is 0 Å². The minimum atomic E-state index is -6.09. The lowest BCUT2D eigenvalue weighted by atomic mass is 9.63. The largest absolute Gasteiger partial charge is 0.448 e. The number of alkyl halides is 10. The van der Waals surface area contributed by atoms with Crippen LogP contribution in [-0.2, 0) is 18.9 Å². The first kappa shape index (κ1) is 32.2. The zero-order valence-electron chi connectivity index (χ0n) is 19.9. The van der Waals surface area contributed by atoms with Crippen molar-refractivity contribution in [3.05, 3.63) is 0 Å². The van der Waals surface area contributed by atoms with Gasteiger partial charge in [-0.2, -0.15) is 39.5 Å². The van der Waals surface area contributed by atoms with Crippen molar-refractivity contribution in [3.8, 4) is 0 Å². The van der Waals surface area contributed by atoms with Crippen molar-refractivity contribution in [2.24, 2.45) is 23.7 Å². The van der Waals surface area contributed by atoms with E-state index in [1.807, 2.05) is 0 Å². The first-order chi connectivity index (χ1) is 15.9. The molecule has 0 radical (unpaired) electrons. The van der Waals surface area contributed by atoms with E-state index in [-0.39, 0.29) is 19.6 Å². The summed E-state index contributed by atoms with van der Waals surface area (Å²) in [4.78, 5) is 0. The van der Waals surface area contributed by atoms with E-state index in [2.05, 4.69) is 18.9 Å². The van der Waals surface area contributed by atoms with Crippen LogP contribution < -0.4 is 0 Å². The summed E-state index contributed by atoms with van der Waals surface area (Å²) in [6, 6.07) is 0. The van der Waals surface area contributed by atoms with Gasteiger partial charge in [0.15, 0.2) is 6.79 Å². The Morgan fingerprint density at radius 2 is 1.11 bits per heavy atom. The molecule has 0 aromatic carbocycles. The Morgan fingerprint density at radius 1 is 0.657 bits per heavy atom. The van der Waals surface area contributed by atoms with Crippen molar-refractivity contribution in [3.63, 3.8) is 0 Å². The molecule has 0 aliphatic heterocycles. The Bertz CT molecular complexity index is 623. The van der Waals surface area contributed by atoms with Crippen LogP contribution in [0.2, 0.25) is 0 Å². The third kappa shape index (κ3) is 6.92. The van der Waals surface area contributed by atoms with Gasteiger partial charge in [0.1, 0.15) is 6.79 Å². The van der Waals surface area contributed by atoms with E-state index in [9.17, 15) is 39.5 Å². The van der Waals surface area contributed by atoms with Gasteiger partial charge in [0.25, 0.3) is 5.60 Å². The number of hydrogen-bond donors (Lipinski definition) is 0. The fraction of sp³-hybridized carbons (Fsp3) is 1.00. The zero-order chi connectivity index (χ0) is 27.3. The third-order valence-corrected chi connectivity index (χ3v) is 6.65. The number of ether oxygens (including phenoxy) is 4. The highest BCUT2D eigenvalue weighted by atomic mass is 19.4. The quantitative estimate of drug-likeness (QED) is 0.150. The standard InChI is InChI=1S/C21H32F10O4/c1-5-13(4)14-8-15(17(19(23,24)25,20(26,27)28)34-11-32-6-2)10-16(9-14)18(22,21(29,30)31)35-12-33-7-3/h13-16H,5-12H2,1-4H3. The summed E-state index contributed by atoms with van der Waals surface area (Å²) in [5.41, 5.74) is -4.87. The third-order valence-electron chi connectivity index (χ3n) is 6.65. The van der Waals surface area contributed by atoms with Crippen molar-refractivity contribution in [1.82, 2.24) is 0 Å². The van der Waals surface area contributed by atoms with Gasteiger partial charge >= 0.3 is 24.4 Å². The molecular formula is C21H32F10O4. The van der Waals surface area contributed by atoms with Crippen LogP contribution in [-0.4, -0.2) is 56.8 Å². The highest BCUT2D eigenvalue weighted by Crippen LogP contribution is 2.59. The number of rotatable bonds is 12. The molecule has 14 heteroatoms. The lowest BCUT2D eigenvalue weighted by Gasteiger charge is -2.50. The van der Waals surface area contributed by atoms with Gasteiger partial charge in [-0.25, -0.2) is 4.39 Å². The second-order valence-corrected chi connectivity index (χ2v) is 8.63. The summed E-state index contributed by atoms with van der Waals surface area (Å²) in [5, 5.41) is 0. The van der Waals surface area contributed by atoms with Gasteiger partial charge in [0.05, 0.1) is 0 Å². The van der Waals surface area contributed by atoms with Crippen LogP contribution in [0.5, 0.6) is 0 Å². The predicted molar refractivity (Wildman–Crippen MR) is 104 cm³/mol. The molecule has 0 spiro atoms. The van der Waals surface area contributed by atoms with Gasteiger partial charge in [0.2, 0.25) is 0 Å². The van der Waals surface area contributed by atoms with Crippen molar-refractivity contribution in [1.29, 1.82) is 0 Å². The maximum atomic E-state index is 15.5. The maximum Gasteiger partial charge on any atom is 0.448 e. The average Bonchev–Trinajstić information content (AvgIpc) is 2.73. The van der Waals surface area contributed by atoms with Crippen molar-refractivity contribution < 1.29 is 62.9 Å². The second kappa shape index (κ2) is 12.1. The highest BCUT2D eigenvalue weighted by molar-refractivity contribution is 5.06. The smallest absolute Gasteiger partial charge is 0.356 e. The van der Waals surface area contributed by atoms with Crippen LogP contribution in [0.25, 0.3) is 0 Å². The molecular weight excluding hydrogens is 506 g/mol. The lowest BCUT2D eigenvalue weighted by Crippen LogP contribution is -2.66. The van der Waals surface area contributed by atoms with E-state index in [0.717, 1.165) is 0 Å². The molecule has 0 aromatic rings. The minimum absolute atomic E-state index is 0.159. The molecule has 1 aliphatic carbocycles. The summed E-state index contributed by atoms with van der Waals surface area (Å²) in [6.07, 6.45) is -20.5. The highest BCUT2D eigenvalue weighted by Gasteiger charge is 2.77. The molecule has 1 rings (SSSR count). The maximum absolute atomic E-state index is 15.5. The first-order valence-corrected chi connectivity index (χ1v) is 11.2. The molecule has 0 saturated heterocycles. The summed E-state index contributed by atoms with van der Waals surface area (Å²) in [7, 11) is 0. The van der Waals surface area contributed by atoms with E-state index in [0.29, 0.717) is 0 Å². The summed E-state index contributed by atoms with van der Waals surface area (Å²) in [5.74, 6) is -11.2. The predicted octanol–water partition coefficient (Wildman–Crippen LogP) is 7.18. The van der Waals surface area contributed by atoms with E-state index in [1.54, 1.807) is 6.92 Å². The molecule has 5 atom stereocenters. The van der Waals surface area contributed by atoms with E-state index >= 15 is 4.39 Å². The van der Waals surface area contributed by atoms with Crippen LogP contribution in [0.1, 0.15) is 53.4 Å². The van der Waals surface area contributed by atoms with Crippen LogP contribution in [0.3, 0.4) is 0 Å². The van der Waals surface area contributed by atoms with E-state index in [1.165, 1.54) is 20.8 Å². The molecule has 0 aromatic heterocycles. The summed E-state index contributed by atoms with van der Waals surface area (Å²) >= 11 is 0. The average molecular weight is 538 g/mol. The molecule has 5 unspecified atom stereocenters. The molecule has 1 aliphatic rings. The molecule has 210 valence electrons. The molecule has 0 bridgehead atoms. The van der Waals surface area contributed by atoms with Crippen molar-refractivity contribution in [2.75, 3.05) is 26.8 Å². The molecule has 0 amide bonds. The van der Waals surface area contributed by atoms with Crippen LogP contribution in [0.4, 0.5) is 43.9 Å². The van der Waals surface area contributed by atoms with Crippen LogP contribution in [0, 0.1) is 23.7 Å². The van der Waals surface area contributed by atoms with Crippen molar-refractivity contribution in [2.45, 2.75) is 83.4 Å². The molecule has 1 saturated carbocycles. The van der Waals surface area contributed by atoms with Gasteiger partial charge in [-0.1, -0.05) is 20.3 Å². The monoisotopic (exact) mass is 538 g/mol. The lowest BCUT2D eigenvalue weighted by molar-refractivity contribution is -0.419. The SMILES string of the molecule is CCOCOC(F)(C1CC(C(C)CC)CC(C(OCOCC)(C(F)(F)F)C(F)(F)F)C1)C(F)(F)F. The number of hydrogen-bond acceptors (Lipinski definition) is 4. The fourth-order valence-electron chi connectivity index (χ4n) is 4.56. The molecule has 35 heavy (non-hydrogen) atoms. The molecule has 4 nitrogen and oxygen atoms in total. The first-order valence-electron chi connectivity index (χ1n) is 11.2. The van der Waals surface area contributed by atoms with Gasteiger partial charge in [0, 0.05) is 25.0 Å². The fourth-order valence-corrected chi connectivity index (χ4v) is 4.56. The van der Waals surface area contributed by atoms with Gasteiger partial charge in [-0.15, -0.1) is 0 Å². The zero-order valence-corrected chi connectivity index (χ0v) is 19.9. The Hall–Kier alpha value is -0.860. The Morgan fingerprint density at radius 3 is 1.51 bits per heavy atom. The second-order valence-electron chi connectivity index (χ2n) is 8.63. The van der Waals surface area contributed by atoms with Crippen LogP contribution >= 0.6 is 0 Å². The minimum Gasteiger partial charge on any atom is -0.356 e. The molecule has 1 fully saturated rings. The summed E-state index contributed by atoms with van der Waals surface area (Å²) in [6.45, 7) is 2.70. The van der Waals surface area contributed by atoms with Gasteiger partial charge in [-0.05, 0) is 44.9 Å². The molecule has 0 heterocycles. The topological polar surface area (TPSA) is 36.9 Å². The van der Waals surface area contributed by atoms with Gasteiger partial charge < -0.3 is 18.9 Å². The van der Waals surface area contributed by atoms with E-state index in [4.69, 9.17) is 0 Å².